The lowest BCUT2D eigenvalue weighted by Crippen LogP contribution is -2.26. The number of ether oxygens (including phenoxy) is 3. The van der Waals surface area contributed by atoms with Crippen LogP contribution in [-0.2, 0) is 18.0 Å². The number of rotatable bonds is 10. The second-order valence-electron chi connectivity index (χ2n) is 7.96. The Labute approximate surface area is 198 Å². The van der Waals surface area contributed by atoms with Gasteiger partial charge in [-0.25, -0.2) is 9.78 Å². The van der Waals surface area contributed by atoms with Gasteiger partial charge in [0.1, 0.15) is 30.5 Å². The van der Waals surface area contributed by atoms with Gasteiger partial charge in [0.2, 0.25) is 0 Å². The molecule has 0 saturated carbocycles. The van der Waals surface area contributed by atoms with Crippen LogP contribution in [0.15, 0.2) is 78.9 Å². The summed E-state index contributed by atoms with van der Waals surface area (Å²) in [4.78, 5) is 16.1. The SMILES string of the molecule is CCC(Oc1c(C)cccc1COc1cccc(OCc2ccc3ccccc3n2)c1)C(=O)O. The van der Waals surface area contributed by atoms with E-state index in [9.17, 15) is 9.90 Å². The Balaban J connectivity index is 1.42. The quantitative estimate of drug-likeness (QED) is 0.317. The van der Waals surface area contributed by atoms with Crippen molar-refractivity contribution in [2.75, 3.05) is 0 Å². The largest absolute Gasteiger partial charge is 0.489 e. The fraction of sp³-hybridized carbons (Fsp3) is 0.214. The molecule has 0 aliphatic heterocycles. The van der Waals surface area contributed by atoms with E-state index in [1.165, 1.54) is 0 Å². The number of hydrogen-bond acceptors (Lipinski definition) is 5. The van der Waals surface area contributed by atoms with E-state index in [4.69, 9.17) is 14.2 Å². The van der Waals surface area contributed by atoms with E-state index < -0.39 is 12.1 Å². The molecule has 0 radical (unpaired) electrons. The third kappa shape index (κ3) is 5.64. The lowest BCUT2D eigenvalue weighted by atomic mass is 10.1. The zero-order chi connectivity index (χ0) is 23.9. The van der Waals surface area contributed by atoms with Crippen LogP contribution in [0.1, 0.15) is 30.2 Å². The highest BCUT2D eigenvalue weighted by atomic mass is 16.5. The van der Waals surface area contributed by atoms with Gasteiger partial charge in [0.05, 0.1) is 11.2 Å². The Kier molecular flexibility index (Phi) is 7.28. The molecule has 4 rings (SSSR count). The summed E-state index contributed by atoms with van der Waals surface area (Å²) in [5.41, 5.74) is 3.42. The van der Waals surface area contributed by atoms with Gasteiger partial charge in [-0.1, -0.05) is 55.5 Å². The van der Waals surface area contributed by atoms with E-state index in [-0.39, 0.29) is 6.61 Å². The van der Waals surface area contributed by atoms with Gasteiger partial charge in [-0.3, -0.25) is 0 Å². The Morgan fingerprint density at radius 1 is 0.912 bits per heavy atom. The number of aliphatic carboxylic acids is 1. The highest BCUT2D eigenvalue weighted by Crippen LogP contribution is 2.28. The number of carboxylic acids is 1. The van der Waals surface area contributed by atoms with E-state index in [1.54, 1.807) is 6.92 Å². The highest BCUT2D eigenvalue weighted by molar-refractivity contribution is 5.78. The second-order valence-corrected chi connectivity index (χ2v) is 7.96. The molecule has 0 fully saturated rings. The molecule has 0 spiro atoms. The van der Waals surface area contributed by atoms with Crippen molar-refractivity contribution in [3.8, 4) is 17.2 Å². The maximum absolute atomic E-state index is 11.4. The average Bonchev–Trinajstić information content (AvgIpc) is 2.85. The lowest BCUT2D eigenvalue weighted by Gasteiger charge is -2.19. The normalized spacial score (nSPS) is 11.7. The van der Waals surface area contributed by atoms with Crippen LogP contribution in [0.3, 0.4) is 0 Å². The second kappa shape index (κ2) is 10.7. The predicted molar refractivity (Wildman–Crippen MR) is 130 cm³/mol. The first-order valence-corrected chi connectivity index (χ1v) is 11.2. The van der Waals surface area contributed by atoms with Crippen LogP contribution in [0.25, 0.3) is 10.9 Å². The predicted octanol–water partition coefficient (Wildman–Crippen LogP) is 5.94. The third-order valence-corrected chi connectivity index (χ3v) is 5.44. The van der Waals surface area contributed by atoms with Gasteiger partial charge in [-0.15, -0.1) is 0 Å². The van der Waals surface area contributed by atoms with Gasteiger partial charge in [-0.2, -0.15) is 0 Å². The summed E-state index contributed by atoms with van der Waals surface area (Å²) in [6, 6.07) is 25.0. The number of pyridine rings is 1. The van der Waals surface area contributed by atoms with Crippen molar-refractivity contribution in [2.45, 2.75) is 39.6 Å². The molecule has 1 aromatic heterocycles. The molecular weight excluding hydrogens is 430 g/mol. The van der Waals surface area contributed by atoms with Crippen molar-refractivity contribution in [1.29, 1.82) is 0 Å². The van der Waals surface area contributed by atoms with E-state index in [0.29, 0.717) is 30.3 Å². The van der Waals surface area contributed by atoms with Crippen molar-refractivity contribution in [2.24, 2.45) is 0 Å². The first-order valence-electron chi connectivity index (χ1n) is 11.2. The summed E-state index contributed by atoms with van der Waals surface area (Å²) in [6.07, 6.45) is -0.532. The maximum atomic E-state index is 11.4. The first-order chi connectivity index (χ1) is 16.5. The minimum absolute atomic E-state index is 0.239. The van der Waals surface area contributed by atoms with Gasteiger partial charge >= 0.3 is 5.97 Å². The van der Waals surface area contributed by atoms with Crippen LogP contribution in [0, 0.1) is 6.92 Å². The van der Waals surface area contributed by atoms with E-state index in [1.807, 2.05) is 85.8 Å². The molecule has 0 saturated heterocycles. The lowest BCUT2D eigenvalue weighted by molar-refractivity contribution is -0.145. The van der Waals surface area contributed by atoms with Gasteiger partial charge in [0.25, 0.3) is 0 Å². The van der Waals surface area contributed by atoms with Crippen molar-refractivity contribution in [3.63, 3.8) is 0 Å². The minimum atomic E-state index is -0.983. The van der Waals surface area contributed by atoms with Crippen LogP contribution < -0.4 is 14.2 Å². The molecule has 1 atom stereocenters. The molecule has 174 valence electrons. The fourth-order valence-electron chi connectivity index (χ4n) is 3.61. The Morgan fingerprint density at radius 2 is 1.65 bits per heavy atom. The molecule has 4 aromatic rings. The summed E-state index contributed by atoms with van der Waals surface area (Å²) in [6.45, 7) is 4.26. The van der Waals surface area contributed by atoms with Gasteiger partial charge in [-0.05, 0) is 43.2 Å². The zero-order valence-corrected chi connectivity index (χ0v) is 19.2. The smallest absolute Gasteiger partial charge is 0.344 e. The Morgan fingerprint density at radius 3 is 2.41 bits per heavy atom. The monoisotopic (exact) mass is 457 g/mol. The molecule has 6 nitrogen and oxygen atoms in total. The van der Waals surface area contributed by atoms with Crippen LogP contribution in [0.2, 0.25) is 0 Å². The van der Waals surface area contributed by atoms with Crippen LogP contribution in [0.5, 0.6) is 17.2 Å². The third-order valence-electron chi connectivity index (χ3n) is 5.44. The molecule has 0 bridgehead atoms. The minimum Gasteiger partial charge on any atom is -0.489 e. The molecule has 0 aliphatic rings. The van der Waals surface area contributed by atoms with Crippen LogP contribution in [0.4, 0.5) is 0 Å². The summed E-state index contributed by atoms with van der Waals surface area (Å²) < 4.78 is 17.7. The molecule has 1 N–H and O–H groups in total. The van der Waals surface area contributed by atoms with E-state index in [0.717, 1.165) is 27.7 Å². The number of fused-ring (bicyclic) bond motifs is 1. The highest BCUT2D eigenvalue weighted by Gasteiger charge is 2.20. The zero-order valence-electron chi connectivity index (χ0n) is 19.2. The number of aryl methyl sites for hydroxylation is 1. The van der Waals surface area contributed by atoms with Crippen LogP contribution >= 0.6 is 0 Å². The molecule has 34 heavy (non-hydrogen) atoms. The topological polar surface area (TPSA) is 77.9 Å². The maximum Gasteiger partial charge on any atom is 0.344 e. The van der Waals surface area contributed by atoms with Crippen molar-refractivity contribution >= 4 is 16.9 Å². The van der Waals surface area contributed by atoms with Gasteiger partial charge in [0, 0.05) is 17.0 Å². The Bertz CT molecular complexity index is 1290. The molecular formula is C28H27NO5. The molecule has 1 unspecified atom stereocenters. The van der Waals surface area contributed by atoms with Crippen molar-refractivity contribution in [1.82, 2.24) is 4.98 Å². The molecule has 6 heteroatoms. The van der Waals surface area contributed by atoms with Crippen molar-refractivity contribution < 1.29 is 24.1 Å². The summed E-state index contributed by atoms with van der Waals surface area (Å²) in [5.74, 6) is 0.877. The average molecular weight is 458 g/mol. The summed E-state index contributed by atoms with van der Waals surface area (Å²) in [5, 5.41) is 10.5. The number of para-hydroxylation sites is 2. The first kappa shape index (κ1) is 23.1. The molecule has 0 aliphatic carbocycles. The van der Waals surface area contributed by atoms with Crippen LogP contribution in [-0.4, -0.2) is 22.2 Å². The van der Waals surface area contributed by atoms with Gasteiger partial charge in [0.15, 0.2) is 6.10 Å². The number of benzene rings is 3. The number of hydrogen-bond donors (Lipinski definition) is 1. The number of carbonyl (C=O) groups is 1. The number of aromatic nitrogens is 1. The van der Waals surface area contributed by atoms with E-state index in [2.05, 4.69) is 4.98 Å². The summed E-state index contributed by atoms with van der Waals surface area (Å²) in [7, 11) is 0. The standard InChI is InChI=1S/C28H27NO5/c1-3-26(28(30)31)34-27-19(2)8-6-10-21(27)17-32-23-11-7-12-24(16-23)33-18-22-15-14-20-9-4-5-13-25(20)29-22/h4-16,26H,3,17-18H2,1-2H3,(H,30,31). The Hall–Kier alpha value is -4.06. The molecule has 3 aromatic carbocycles. The molecule has 0 amide bonds. The summed E-state index contributed by atoms with van der Waals surface area (Å²) >= 11 is 0. The molecule has 1 heterocycles. The van der Waals surface area contributed by atoms with Gasteiger partial charge < -0.3 is 19.3 Å². The van der Waals surface area contributed by atoms with Crippen molar-refractivity contribution in [3.05, 3.63) is 95.7 Å². The number of nitrogens with zero attached hydrogens (tertiary/aromatic N) is 1. The van der Waals surface area contributed by atoms with E-state index >= 15 is 0 Å². The number of carboxylic acid groups (broad SMARTS) is 1. The fourth-order valence-corrected chi connectivity index (χ4v) is 3.61.